The smallest absolute Gasteiger partial charge is 0.261 e. The normalized spacial score (nSPS) is 14.5. The van der Waals surface area contributed by atoms with Crippen LogP contribution in [0, 0.1) is 13.8 Å². The van der Waals surface area contributed by atoms with Crippen molar-refractivity contribution in [2.45, 2.75) is 33.1 Å². The van der Waals surface area contributed by atoms with Crippen molar-refractivity contribution >= 4 is 23.4 Å². The van der Waals surface area contributed by atoms with Crippen molar-refractivity contribution in [1.29, 1.82) is 0 Å². The van der Waals surface area contributed by atoms with E-state index in [1.807, 2.05) is 19.0 Å². The minimum Gasteiger partial charge on any atom is -0.361 e. The molecule has 0 atom stereocenters. The van der Waals surface area contributed by atoms with Crippen molar-refractivity contribution in [3.05, 3.63) is 23.2 Å². The fourth-order valence-corrected chi connectivity index (χ4v) is 3.03. The van der Waals surface area contributed by atoms with Gasteiger partial charge in [0.1, 0.15) is 17.0 Å². The molecule has 0 aromatic carbocycles. The van der Waals surface area contributed by atoms with Crippen LogP contribution in [-0.4, -0.2) is 48.2 Å². The lowest BCUT2D eigenvalue weighted by molar-refractivity contribution is 0.102. The van der Waals surface area contributed by atoms with Crippen LogP contribution in [0.1, 0.15) is 41.1 Å². The van der Waals surface area contributed by atoms with Gasteiger partial charge in [0.2, 0.25) is 5.95 Å². The van der Waals surface area contributed by atoms with Crippen molar-refractivity contribution in [2.75, 3.05) is 42.3 Å². The fourth-order valence-electron chi connectivity index (χ4n) is 3.03. The molecule has 0 bridgehead atoms. The van der Waals surface area contributed by atoms with Crippen LogP contribution in [-0.2, 0) is 0 Å². The lowest BCUT2D eigenvalue weighted by Gasteiger charge is -2.28. The van der Waals surface area contributed by atoms with Crippen molar-refractivity contribution < 1.29 is 9.32 Å². The number of carbonyl (C=O) groups is 1. The molecular formula is C17H24N6O2. The number of nitrogens with one attached hydrogen (secondary N) is 1. The summed E-state index contributed by atoms with van der Waals surface area (Å²) in [6, 6.07) is 0. The SMILES string of the molecule is Cc1noc(C)c1C(=O)Nc1cnc(N2CCCCC2)nc1N(C)C. The summed E-state index contributed by atoms with van der Waals surface area (Å²) in [6.45, 7) is 5.40. The molecule has 0 saturated carbocycles. The average Bonchev–Trinajstić information content (AvgIpc) is 2.94. The molecule has 1 N–H and O–H groups in total. The zero-order valence-electron chi connectivity index (χ0n) is 15.2. The fraction of sp³-hybridized carbons (Fsp3) is 0.529. The molecular weight excluding hydrogens is 320 g/mol. The number of nitrogens with zero attached hydrogens (tertiary/aromatic N) is 5. The number of hydrogen-bond acceptors (Lipinski definition) is 7. The van der Waals surface area contributed by atoms with E-state index < -0.39 is 0 Å². The van der Waals surface area contributed by atoms with E-state index in [9.17, 15) is 4.79 Å². The number of hydrogen-bond donors (Lipinski definition) is 1. The summed E-state index contributed by atoms with van der Waals surface area (Å²) in [5.41, 5.74) is 1.58. The van der Waals surface area contributed by atoms with Gasteiger partial charge in [-0.3, -0.25) is 4.79 Å². The third-order valence-electron chi connectivity index (χ3n) is 4.33. The highest BCUT2D eigenvalue weighted by molar-refractivity contribution is 6.06. The van der Waals surface area contributed by atoms with E-state index in [0.29, 0.717) is 34.5 Å². The Morgan fingerprint density at radius 2 is 1.96 bits per heavy atom. The van der Waals surface area contributed by atoms with Crippen molar-refractivity contribution in [2.24, 2.45) is 0 Å². The van der Waals surface area contributed by atoms with Gasteiger partial charge in [-0.05, 0) is 33.1 Å². The van der Waals surface area contributed by atoms with Gasteiger partial charge in [0, 0.05) is 27.2 Å². The van der Waals surface area contributed by atoms with Crippen LogP contribution in [0.4, 0.5) is 17.5 Å². The molecule has 1 saturated heterocycles. The Labute approximate surface area is 147 Å². The number of anilines is 3. The largest absolute Gasteiger partial charge is 0.361 e. The topological polar surface area (TPSA) is 87.4 Å². The van der Waals surface area contributed by atoms with Crippen molar-refractivity contribution in [3.8, 4) is 0 Å². The predicted octanol–water partition coefficient (Wildman–Crippen LogP) is 2.39. The Bertz CT molecular complexity index is 745. The first kappa shape index (κ1) is 17.2. The van der Waals surface area contributed by atoms with E-state index in [1.165, 1.54) is 6.42 Å². The van der Waals surface area contributed by atoms with Gasteiger partial charge >= 0.3 is 0 Å². The van der Waals surface area contributed by atoms with Crippen LogP contribution in [0.2, 0.25) is 0 Å². The van der Waals surface area contributed by atoms with Gasteiger partial charge in [0.05, 0.1) is 11.9 Å². The van der Waals surface area contributed by atoms with Crippen molar-refractivity contribution in [1.82, 2.24) is 15.1 Å². The first-order valence-corrected chi connectivity index (χ1v) is 8.51. The second kappa shape index (κ2) is 7.08. The Hall–Kier alpha value is -2.64. The molecule has 2 aromatic rings. The van der Waals surface area contributed by atoms with Gasteiger partial charge in [0.15, 0.2) is 5.82 Å². The molecule has 0 aliphatic carbocycles. The second-order valence-corrected chi connectivity index (χ2v) is 6.50. The van der Waals surface area contributed by atoms with Gasteiger partial charge in [-0.15, -0.1) is 0 Å². The van der Waals surface area contributed by atoms with Gasteiger partial charge in [-0.25, -0.2) is 4.98 Å². The second-order valence-electron chi connectivity index (χ2n) is 6.50. The maximum atomic E-state index is 12.6. The Morgan fingerprint density at radius 3 is 2.56 bits per heavy atom. The molecule has 1 amide bonds. The molecule has 0 unspecified atom stereocenters. The first-order valence-electron chi connectivity index (χ1n) is 8.51. The number of piperidine rings is 1. The third kappa shape index (κ3) is 3.57. The highest BCUT2D eigenvalue weighted by Crippen LogP contribution is 2.26. The van der Waals surface area contributed by atoms with Crippen LogP contribution in [0.15, 0.2) is 10.7 Å². The Kier molecular flexibility index (Phi) is 4.87. The quantitative estimate of drug-likeness (QED) is 0.911. The summed E-state index contributed by atoms with van der Waals surface area (Å²) < 4.78 is 5.07. The van der Waals surface area contributed by atoms with Crippen LogP contribution in [0.3, 0.4) is 0 Å². The molecule has 2 aromatic heterocycles. The summed E-state index contributed by atoms with van der Waals surface area (Å²) in [6.07, 6.45) is 5.24. The monoisotopic (exact) mass is 344 g/mol. The molecule has 25 heavy (non-hydrogen) atoms. The summed E-state index contributed by atoms with van der Waals surface area (Å²) in [4.78, 5) is 25.8. The number of aryl methyl sites for hydroxylation is 2. The zero-order valence-corrected chi connectivity index (χ0v) is 15.2. The maximum absolute atomic E-state index is 12.6. The standard InChI is InChI=1S/C17H24N6O2/c1-11-14(12(2)25-21-11)16(24)19-13-10-18-17(20-15(13)22(3)4)23-8-6-5-7-9-23/h10H,5-9H2,1-4H3,(H,19,24). The van der Waals surface area contributed by atoms with Crippen LogP contribution in [0.5, 0.6) is 0 Å². The van der Waals surface area contributed by atoms with E-state index in [0.717, 1.165) is 25.9 Å². The molecule has 1 aliphatic heterocycles. The summed E-state index contributed by atoms with van der Waals surface area (Å²) in [5.74, 6) is 1.61. The Balaban J connectivity index is 1.86. The van der Waals surface area contributed by atoms with Gasteiger partial charge in [-0.1, -0.05) is 5.16 Å². The molecule has 1 aliphatic rings. The molecule has 3 heterocycles. The molecule has 8 heteroatoms. The first-order chi connectivity index (χ1) is 12.0. The molecule has 0 spiro atoms. The van der Waals surface area contributed by atoms with E-state index in [2.05, 4.69) is 25.3 Å². The average molecular weight is 344 g/mol. The highest BCUT2D eigenvalue weighted by atomic mass is 16.5. The van der Waals surface area contributed by atoms with Gasteiger partial charge in [-0.2, -0.15) is 4.98 Å². The molecule has 134 valence electrons. The van der Waals surface area contributed by atoms with Crippen LogP contribution >= 0.6 is 0 Å². The van der Waals surface area contributed by atoms with E-state index in [-0.39, 0.29) is 5.91 Å². The highest BCUT2D eigenvalue weighted by Gasteiger charge is 2.21. The number of amides is 1. The molecule has 3 rings (SSSR count). The lowest BCUT2D eigenvalue weighted by atomic mass is 10.1. The van der Waals surface area contributed by atoms with Crippen LogP contribution in [0.25, 0.3) is 0 Å². The van der Waals surface area contributed by atoms with E-state index >= 15 is 0 Å². The van der Waals surface area contributed by atoms with E-state index in [1.54, 1.807) is 20.0 Å². The number of carbonyl (C=O) groups excluding carboxylic acids is 1. The predicted molar refractivity (Wildman–Crippen MR) is 96.4 cm³/mol. The molecule has 1 fully saturated rings. The minimum absolute atomic E-state index is 0.270. The maximum Gasteiger partial charge on any atom is 0.261 e. The van der Waals surface area contributed by atoms with Gasteiger partial charge in [0.25, 0.3) is 5.91 Å². The third-order valence-corrected chi connectivity index (χ3v) is 4.33. The molecule has 8 nitrogen and oxygen atoms in total. The van der Waals surface area contributed by atoms with Crippen LogP contribution < -0.4 is 15.1 Å². The lowest BCUT2D eigenvalue weighted by Crippen LogP contribution is -2.31. The summed E-state index contributed by atoms with van der Waals surface area (Å²) in [7, 11) is 3.79. The summed E-state index contributed by atoms with van der Waals surface area (Å²) in [5, 5.41) is 6.71. The van der Waals surface area contributed by atoms with Crippen molar-refractivity contribution in [3.63, 3.8) is 0 Å². The minimum atomic E-state index is -0.270. The number of aromatic nitrogens is 3. The van der Waals surface area contributed by atoms with E-state index in [4.69, 9.17) is 4.52 Å². The Morgan fingerprint density at radius 1 is 1.24 bits per heavy atom. The zero-order chi connectivity index (χ0) is 18.0. The summed E-state index contributed by atoms with van der Waals surface area (Å²) >= 11 is 0. The van der Waals surface area contributed by atoms with Gasteiger partial charge < -0.3 is 19.6 Å². The molecule has 0 radical (unpaired) electrons. The number of rotatable bonds is 4.